The Morgan fingerprint density at radius 3 is 1.90 bits per heavy atom. The highest BCUT2D eigenvalue weighted by Gasteiger charge is 2.48. The van der Waals surface area contributed by atoms with Crippen LogP contribution < -0.4 is 4.74 Å². The first-order valence-electron chi connectivity index (χ1n) is 12.6. The van der Waals surface area contributed by atoms with Crippen LogP contribution in [-0.4, -0.2) is 84.8 Å². The smallest absolute Gasteiger partial charge is 0.331 e. The second-order valence-corrected chi connectivity index (χ2v) is 9.25. The van der Waals surface area contributed by atoms with E-state index in [4.69, 9.17) is 14.2 Å². The zero-order valence-corrected chi connectivity index (χ0v) is 21.8. The molecule has 5 atom stereocenters. The second-order valence-electron chi connectivity index (χ2n) is 9.25. The number of rotatable bonds is 9. The molecule has 0 aromatic heterocycles. The molecular weight excluding hydrogens is 552 g/mol. The third-order valence-electron chi connectivity index (χ3n) is 6.32. The molecule has 1 fully saturated rings. The monoisotopic (exact) mass is 580 g/mol. The standard InChI is InChI=1S/C30H28O12/c31-15-23-27(38)28(39)29(42-24(35)14-6-17-3-9-19(33)10-4-17)30(41-23)40-22-13-11-20(25(36)26(22)37)21(34)12-5-16-1-7-18(32)8-2-16/h1-14,23,27-33,36-39H,15H2/b12-5+,14-6+/t23-,27-,28+,29-,30-/m1/s1. The lowest BCUT2D eigenvalue weighted by atomic mass is 9.99. The Morgan fingerprint density at radius 1 is 0.762 bits per heavy atom. The van der Waals surface area contributed by atoms with E-state index in [1.165, 1.54) is 48.6 Å². The molecule has 12 heteroatoms. The SMILES string of the molecule is O=C(/C=C/c1ccc(O)cc1)O[C@H]1[C@H](Oc2ccc(C(=O)/C=C/c3ccc(O)cc3)c(O)c2O)O[C@H](CO)[C@@H](O)[C@@H]1O. The molecule has 0 radical (unpaired) electrons. The van der Waals surface area contributed by atoms with E-state index < -0.39 is 66.3 Å². The van der Waals surface area contributed by atoms with E-state index in [-0.39, 0.29) is 17.1 Å². The molecule has 3 aromatic rings. The number of phenols is 4. The first kappa shape index (κ1) is 30.1. The number of hydrogen-bond donors (Lipinski definition) is 7. The third-order valence-corrected chi connectivity index (χ3v) is 6.32. The Kier molecular flexibility index (Phi) is 9.45. The molecule has 0 aliphatic carbocycles. The quantitative estimate of drug-likeness (QED) is 0.0839. The number of esters is 1. The van der Waals surface area contributed by atoms with Gasteiger partial charge in [-0.1, -0.05) is 30.3 Å². The number of phenolic OH excluding ortho intramolecular Hbond substituents is 4. The maximum atomic E-state index is 12.6. The maximum absolute atomic E-state index is 12.6. The van der Waals surface area contributed by atoms with Crippen LogP contribution in [0.2, 0.25) is 0 Å². The van der Waals surface area contributed by atoms with Crippen molar-refractivity contribution in [2.24, 2.45) is 0 Å². The molecule has 1 aliphatic heterocycles. The Morgan fingerprint density at radius 2 is 1.33 bits per heavy atom. The first-order valence-corrected chi connectivity index (χ1v) is 12.6. The van der Waals surface area contributed by atoms with Crippen LogP contribution in [-0.2, 0) is 14.3 Å². The van der Waals surface area contributed by atoms with Crippen LogP contribution >= 0.6 is 0 Å². The van der Waals surface area contributed by atoms with Crippen LogP contribution in [0.3, 0.4) is 0 Å². The van der Waals surface area contributed by atoms with Crippen LogP contribution in [0.25, 0.3) is 12.2 Å². The van der Waals surface area contributed by atoms with Crippen LogP contribution in [0.4, 0.5) is 0 Å². The summed E-state index contributed by atoms with van der Waals surface area (Å²) in [4.78, 5) is 25.2. The van der Waals surface area contributed by atoms with Crippen molar-refractivity contribution in [1.29, 1.82) is 0 Å². The van der Waals surface area contributed by atoms with Crippen molar-refractivity contribution in [3.05, 3.63) is 89.5 Å². The Bertz CT molecular complexity index is 1460. The number of carbonyl (C=O) groups excluding carboxylic acids is 2. The molecule has 0 bridgehead atoms. The number of ether oxygens (including phenoxy) is 3. The van der Waals surface area contributed by atoms with Crippen molar-refractivity contribution >= 4 is 23.9 Å². The average molecular weight is 581 g/mol. The van der Waals surface area contributed by atoms with Gasteiger partial charge >= 0.3 is 5.97 Å². The molecular formula is C30H28O12. The van der Waals surface area contributed by atoms with Crippen LogP contribution in [0, 0.1) is 0 Å². The van der Waals surface area contributed by atoms with Gasteiger partial charge in [-0.05, 0) is 59.7 Å². The minimum atomic E-state index is -1.78. The Labute approximate surface area is 239 Å². The molecule has 0 unspecified atom stereocenters. The van der Waals surface area contributed by atoms with Gasteiger partial charge in [0.05, 0.1) is 12.2 Å². The van der Waals surface area contributed by atoms with Gasteiger partial charge < -0.3 is 50.0 Å². The summed E-state index contributed by atoms with van der Waals surface area (Å²) in [5.41, 5.74) is 0.869. The van der Waals surface area contributed by atoms with E-state index in [1.807, 2.05) is 0 Å². The lowest BCUT2D eigenvalue weighted by molar-refractivity contribution is -0.281. The van der Waals surface area contributed by atoms with Crippen molar-refractivity contribution in [2.75, 3.05) is 6.61 Å². The van der Waals surface area contributed by atoms with Gasteiger partial charge in [0.25, 0.3) is 0 Å². The van der Waals surface area contributed by atoms with Gasteiger partial charge in [0, 0.05) is 6.08 Å². The summed E-state index contributed by atoms with van der Waals surface area (Å²) < 4.78 is 16.3. The average Bonchev–Trinajstić information content (AvgIpc) is 2.98. The summed E-state index contributed by atoms with van der Waals surface area (Å²) in [7, 11) is 0. The summed E-state index contributed by atoms with van der Waals surface area (Å²) in [6, 6.07) is 14.2. The van der Waals surface area contributed by atoms with Gasteiger partial charge in [0.1, 0.15) is 29.8 Å². The molecule has 12 nitrogen and oxygen atoms in total. The molecule has 0 saturated carbocycles. The summed E-state index contributed by atoms with van der Waals surface area (Å²) in [5.74, 6) is -3.66. The highest BCUT2D eigenvalue weighted by atomic mass is 16.7. The number of allylic oxidation sites excluding steroid dienone is 1. The van der Waals surface area contributed by atoms with E-state index in [2.05, 4.69) is 0 Å². The second kappa shape index (κ2) is 13.2. The van der Waals surface area contributed by atoms with E-state index in [0.29, 0.717) is 11.1 Å². The number of carbonyl (C=O) groups is 2. The fourth-order valence-electron chi connectivity index (χ4n) is 4.03. The zero-order chi connectivity index (χ0) is 30.4. The molecule has 7 N–H and O–H groups in total. The van der Waals surface area contributed by atoms with Crippen molar-refractivity contribution in [1.82, 2.24) is 0 Å². The number of hydrogen-bond acceptors (Lipinski definition) is 12. The highest BCUT2D eigenvalue weighted by molar-refractivity contribution is 6.09. The van der Waals surface area contributed by atoms with Crippen molar-refractivity contribution in [3.63, 3.8) is 0 Å². The lowest BCUT2D eigenvalue weighted by Gasteiger charge is -2.41. The largest absolute Gasteiger partial charge is 0.508 e. The molecule has 0 amide bonds. The fraction of sp³-hybridized carbons (Fsp3) is 0.200. The summed E-state index contributed by atoms with van der Waals surface area (Å²) in [6.07, 6.45) is -3.15. The zero-order valence-electron chi connectivity index (χ0n) is 21.8. The van der Waals surface area contributed by atoms with E-state index in [0.717, 1.165) is 24.3 Å². The molecule has 0 spiro atoms. The predicted octanol–water partition coefficient (Wildman–Crippen LogP) is 1.85. The predicted molar refractivity (Wildman–Crippen MR) is 147 cm³/mol. The van der Waals surface area contributed by atoms with Crippen molar-refractivity contribution < 1.29 is 59.5 Å². The topological polar surface area (TPSA) is 203 Å². The minimum Gasteiger partial charge on any atom is -0.508 e. The summed E-state index contributed by atoms with van der Waals surface area (Å²) in [5, 5.41) is 70.4. The van der Waals surface area contributed by atoms with Crippen LogP contribution in [0.1, 0.15) is 21.5 Å². The molecule has 1 saturated heterocycles. The van der Waals surface area contributed by atoms with E-state index in [1.54, 1.807) is 12.1 Å². The van der Waals surface area contributed by atoms with Gasteiger partial charge in [-0.3, -0.25) is 4.79 Å². The molecule has 1 heterocycles. The van der Waals surface area contributed by atoms with E-state index >= 15 is 0 Å². The number of aromatic hydroxyl groups is 4. The third kappa shape index (κ3) is 7.06. The Balaban J connectivity index is 1.52. The molecule has 1 aliphatic rings. The fourth-order valence-corrected chi connectivity index (χ4v) is 4.03. The first-order chi connectivity index (χ1) is 20.1. The number of benzene rings is 3. The normalized spacial score (nSPS) is 22.3. The van der Waals surface area contributed by atoms with Gasteiger partial charge in [-0.15, -0.1) is 0 Å². The summed E-state index contributed by atoms with van der Waals surface area (Å²) in [6.45, 7) is -0.739. The van der Waals surface area contributed by atoms with Gasteiger partial charge in [-0.2, -0.15) is 0 Å². The van der Waals surface area contributed by atoms with E-state index in [9.17, 15) is 45.3 Å². The number of ketones is 1. The highest BCUT2D eigenvalue weighted by Crippen LogP contribution is 2.40. The molecule has 42 heavy (non-hydrogen) atoms. The van der Waals surface area contributed by atoms with Crippen LogP contribution in [0.15, 0.2) is 72.8 Å². The molecule has 220 valence electrons. The summed E-state index contributed by atoms with van der Waals surface area (Å²) >= 11 is 0. The van der Waals surface area contributed by atoms with Crippen molar-refractivity contribution in [3.8, 4) is 28.7 Å². The van der Waals surface area contributed by atoms with Crippen molar-refractivity contribution in [2.45, 2.75) is 30.7 Å². The maximum Gasteiger partial charge on any atom is 0.331 e. The molecule has 4 rings (SSSR count). The van der Waals surface area contributed by atoms with Gasteiger partial charge in [0.2, 0.25) is 12.0 Å². The van der Waals surface area contributed by atoms with Gasteiger partial charge in [-0.25, -0.2) is 4.79 Å². The lowest BCUT2D eigenvalue weighted by Crippen LogP contribution is -2.61. The number of aliphatic hydroxyl groups excluding tert-OH is 3. The number of aliphatic hydroxyl groups is 3. The molecule has 3 aromatic carbocycles. The van der Waals surface area contributed by atoms with Gasteiger partial charge in [0.15, 0.2) is 23.4 Å². The Hall–Kier alpha value is -4.88. The van der Waals surface area contributed by atoms with Crippen LogP contribution in [0.5, 0.6) is 28.7 Å². The minimum absolute atomic E-state index is 0.0295.